The number of sulfonamides is 1. The molecule has 1 heterocycles. The molecule has 0 aromatic heterocycles. The van der Waals surface area contributed by atoms with Gasteiger partial charge in [-0.25, -0.2) is 8.42 Å². The van der Waals surface area contributed by atoms with Gasteiger partial charge >= 0.3 is 0 Å². The van der Waals surface area contributed by atoms with E-state index in [0.717, 1.165) is 17.4 Å². The second kappa shape index (κ2) is 8.78. The van der Waals surface area contributed by atoms with Crippen LogP contribution in [0.3, 0.4) is 0 Å². The minimum Gasteiger partial charge on any atom is -0.497 e. The van der Waals surface area contributed by atoms with Crippen LogP contribution < -0.4 is 19.1 Å². The van der Waals surface area contributed by atoms with E-state index in [1.807, 2.05) is 45.0 Å². The summed E-state index contributed by atoms with van der Waals surface area (Å²) in [5.74, 6) is 0.943. The highest BCUT2D eigenvalue weighted by Gasteiger charge is 2.35. The first kappa shape index (κ1) is 22.9. The zero-order valence-corrected chi connectivity index (χ0v) is 19.5. The summed E-state index contributed by atoms with van der Waals surface area (Å²) < 4.78 is 37.5. The molecule has 8 heteroatoms. The lowest BCUT2D eigenvalue weighted by Crippen LogP contribution is -2.45. The van der Waals surface area contributed by atoms with Gasteiger partial charge in [0.25, 0.3) is 0 Å². The maximum atomic E-state index is 13.0. The van der Waals surface area contributed by atoms with Crippen molar-refractivity contribution in [1.29, 1.82) is 0 Å². The van der Waals surface area contributed by atoms with Crippen LogP contribution in [-0.4, -0.2) is 39.8 Å². The maximum Gasteiger partial charge on any atom is 0.241 e. The van der Waals surface area contributed by atoms with Gasteiger partial charge in [0.1, 0.15) is 23.6 Å². The van der Waals surface area contributed by atoms with E-state index >= 15 is 0 Å². The summed E-state index contributed by atoms with van der Waals surface area (Å²) in [6.07, 6.45) is 2.33. The van der Waals surface area contributed by atoms with Crippen molar-refractivity contribution in [3.8, 4) is 11.5 Å². The molecule has 1 amide bonds. The van der Waals surface area contributed by atoms with Crippen LogP contribution in [0.25, 0.3) is 0 Å². The molecule has 0 unspecified atom stereocenters. The van der Waals surface area contributed by atoms with Crippen molar-refractivity contribution >= 4 is 21.6 Å². The van der Waals surface area contributed by atoms with Gasteiger partial charge in [-0.05, 0) is 44.0 Å². The summed E-state index contributed by atoms with van der Waals surface area (Å²) in [5.41, 5.74) is 1.74. The third kappa shape index (κ3) is 5.31. The van der Waals surface area contributed by atoms with E-state index in [0.29, 0.717) is 30.0 Å². The van der Waals surface area contributed by atoms with Gasteiger partial charge in [-0.15, -0.1) is 0 Å². The van der Waals surface area contributed by atoms with Crippen molar-refractivity contribution in [2.75, 3.05) is 24.2 Å². The van der Waals surface area contributed by atoms with Gasteiger partial charge in [-0.2, -0.15) is 0 Å². The zero-order chi connectivity index (χ0) is 22.8. The van der Waals surface area contributed by atoms with E-state index in [4.69, 9.17) is 9.47 Å². The van der Waals surface area contributed by atoms with Gasteiger partial charge in [-0.1, -0.05) is 25.1 Å². The number of para-hydroxylation sites is 1. The maximum absolute atomic E-state index is 13.0. The van der Waals surface area contributed by atoms with Crippen LogP contribution in [-0.2, 0) is 21.2 Å². The van der Waals surface area contributed by atoms with Crippen LogP contribution in [0.4, 0.5) is 5.69 Å². The van der Waals surface area contributed by atoms with Crippen molar-refractivity contribution in [2.45, 2.75) is 45.3 Å². The molecule has 0 saturated carbocycles. The Labute approximate surface area is 184 Å². The van der Waals surface area contributed by atoms with Gasteiger partial charge < -0.3 is 14.8 Å². The minimum atomic E-state index is -3.65. The molecule has 0 bridgehead atoms. The highest BCUT2D eigenvalue weighted by molar-refractivity contribution is 7.92. The average Bonchev–Trinajstić information content (AvgIpc) is 2.69. The van der Waals surface area contributed by atoms with Crippen molar-refractivity contribution in [3.63, 3.8) is 0 Å². The van der Waals surface area contributed by atoms with Crippen LogP contribution in [0.5, 0.6) is 11.5 Å². The predicted molar refractivity (Wildman–Crippen MR) is 121 cm³/mol. The first-order chi connectivity index (χ1) is 14.5. The van der Waals surface area contributed by atoms with Crippen LogP contribution in [0.2, 0.25) is 0 Å². The Kier molecular flexibility index (Phi) is 6.50. The molecule has 1 aliphatic rings. The summed E-state index contributed by atoms with van der Waals surface area (Å²) in [6.45, 7) is 5.57. The van der Waals surface area contributed by atoms with Crippen molar-refractivity contribution in [1.82, 2.24) is 5.32 Å². The van der Waals surface area contributed by atoms with E-state index < -0.39 is 15.6 Å². The summed E-state index contributed by atoms with van der Waals surface area (Å²) in [7, 11) is -2.06. The number of fused-ring (bicyclic) bond motifs is 1. The standard InChI is InChI=1S/C23H30N2O5S/c1-6-16-9-7-8-10-20(16)25(31(5,27)28)15-22(26)24-19-14-23(2,3)30-21-13-17(29-4)11-12-18(19)21/h7-13,19H,6,14-15H2,1-5H3,(H,24,26)/t19-/m1/s1. The Hall–Kier alpha value is -2.74. The molecular formula is C23H30N2O5S. The minimum absolute atomic E-state index is 0.293. The SMILES string of the molecule is CCc1ccccc1N(CC(=O)N[C@@H]1CC(C)(C)Oc2cc(OC)ccc21)S(C)(=O)=O. The van der Waals surface area contributed by atoms with Gasteiger partial charge in [0.05, 0.1) is 25.1 Å². The molecule has 168 valence electrons. The fraction of sp³-hybridized carbons (Fsp3) is 0.435. The lowest BCUT2D eigenvalue weighted by atomic mass is 9.89. The number of hydrogen-bond donors (Lipinski definition) is 1. The first-order valence-corrected chi connectivity index (χ1v) is 12.1. The van der Waals surface area contributed by atoms with Gasteiger partial charge in [-0.3, -0.25) is 9.10 Å². The number of carbonyl (C=O) groups is 1. The average molecular weight is 447 g/mol. The first-order valence-electron chi connectivity index (χ1n) is 10.3. The lowest BCUT2D eigenvalue weighted by molar-refractivity contribution is -0.120. The Morgan fingerprint density at radius 1 is 1.26 bits per heavy atom. The van der Waals surface area contributed by atoms with Crippen LogP contribution in [0.15, 0.2) is 42.5 Å². The molecule has 1 aliphatic heterocycles. The summed E-state index contributed by atoms with van der Waals surface area (Å²) in [6, 6.07) is 12.4. The summed E-state index contributed by atoms with van der Waals surface area (Å²) >= 11 is 0. The summed E-state index contributed by atoms with van der Waals surface area (Å²) in [4.78, 5) is 13.0. The molecule has 3 rings (SSSR count). The van der Waals surface area contributed by atoms with Crippen molar-refractivity contribution in [3.05, 3.63) is 53.6 Å². The number of aryl methyl sites for hydroxylation is 1. The van der Waals surface area contributed by atoms with Crippen molar-refractivity contribution < 1.29 is 22.7 Å². The van der Waals surface area contributed by atoms with Crippen molar-refractivity contribution in [2.24, 2.45) is 0 Å². The molecule has 31 heavy (non-hydrogen) atoms. The molecule has 0 saturated heterocycles. The second-order valence-corrected chi connectivity index (χ2v) is 10.2. The molecule has 7 nitrogen and oxygen atoms in total. The van der Waals surface area contributed by atoms with E-state index in [1.54, 1.807) is 25.3 Å². The highest BCUT2D eigenvalue weighted by Crippen LogP contribution is 2.41. The normalized spacial score (nSPS) is 17.3. The van der Waals surface area contributed by atoms with Gasteiger partial charge in [0.2, 0.25) is 15.9 Å². The van der Waals surface area contributed by atoms with E-state index in [9.17, 15) is 13.2 Å². The molecule has 2 aromatic rings. The van der Waals surface area contributed by atoms with Crippen LogP contribution in [0.1, 0.15) is 44.4 Å². The number of carbonyl (C=O) groups excluding carboxylic acids is 1. The smallest absolute Gasteiger partial charge is 0.241 e. The molecule has 1 N–H and O–H groups in total. The lowest BCUT2D eigenvalue weighted by Gasteiger charge is -2.38. The number of benzene rings is 2. The number of ether oxygens (including phenoxy) is 2. The second-order valence-electron chi connectivity index (χ2n) is 8.34. The number of anilines is 1. The van der Waals surface area contributed by atoms with Gasteiger partial charge in [0, 0.05) is 18.1 Å². The largest absolute Gasteiger partial charge is 0.497 e. The fourth-order valence-electron chi connectivity index (χ4n) is 3.89. The predicted octanol–water partition coefficient (Wildman–Crippen LogP) is 3.44. The Bertz CT molecular complexity index is 1070. The van der Waals surface area contributed by atoms with Crippen LogP contribution in [0, 0.1) is 0 Å². The number of amides is 1. The van der Waals surface area contributed by atoms with Gasteiger partial charge in [0.15, 0.2) is 0 Å². The number of methoxy groups -OCH3 is 1. The van der Waals surface area contributed by atoms with E-state index in [2.05, 4.69) is 5.32 Å². The molecule has 0 fully saturated rings. The molecule has 0 spiro atoms. The number of nitrogens with zero attached hydrogens (tertiary/aromatic N) is 1. The Balaban J connectivity index is 1.86. The molecular weight excluding hydrogens is 416 g/mol. The van der Waals surface area contributed by atoms with E-state index in [-0.39, 0.29) is 18.5 Å². The molecule has 0 radical (unpaired) electrons. The highest BCUT2D eigenvalue weighted by atomic mass is 32.2. The third-order valence-electron chi connectivity index (χ3n) is 5.34. The molecule has 2 aromatic carbocycles. The number of nitrogens with one attached hydrogen (secondary N) is 1. The summed E-state index contributed by atoms with van der Waals surface area (Å²) in [5, 5.41) is 3.01. The Morgan fingerprint density at radius 3 is 2.61 bits per heavy atom. The van der Waals surface area contributed by atoms with E-state index in [1.165, 1.54) is 4.31 Å². The van der Waals surface area contributed by atoms with Crippen LogP contribution >= 0.6 is 0 Å². The zero-order valence-electron chi connectivity index (χ0n) is 18.6. The molecule has 0 aliphatic carbocycles. The monoisotopic (exact) mass is 446 g/mol. The number of hydrogen-bond acceptors (Lipinski definition) is 5. The fourth-order valence-corrected chi connectivity index (χ4v) is 4.78. The topological polar surface area (TPSA) is 84.9 Å². The third-order valence-corrected chi connectivity index (χ3v) is 6.47. The molecule has 1 atom stereocenters. The number of rotatable bonds is 7. The quantitative estimate of drug-likeness (QED) is 0.704. The Morgan fingerprint density at radius 2 is 1.97 bits per heavy atom.